The summed E-state index contributed by atoms with van der Waals surface area (Å²) in [4.78, 5) is 14.2. The van der Waals surface area contributed by atoms with E-state index in [4.69, 9.17) is 9.15 Å². The second kappa shape index (κ2) is 7.18. The van der Waals surface area contributed by atoms with Gasteiger partial charge in [-0.2, -0.15) is 0 Å². The van der Waals surface area contributed by atoms with Crippen LogP contribution in [0.2, 0.25) is 0 Å². The number of carbonyl (C=O) groups excluding carboxylic acids is 1. The Morgan fingerprint density at radius 3 is 2.95 bits per heavy atom. The van der Waals surface area contributed by atoms with Crippen molar-refractivity contribution in [3.8, 4) is 0 Å². The number of piperidine rings is 1. The highest BCUT2D eigenvalue weighted by Gasteiger charge is 2.26. The number of likely N-dealkylation sites (tertiary alicyclic amines) is 1. The van der Waals surface area contributed by atoms with Crippen molar-refractivity contribution in [3.05, 3.63) is 24.2 Å². The molecule has 1 saturated heterocycles. The maximum absolute atomic E-state index is 11.7. The fraction of sp³-hybridized carbons (Fsp3) is 0.706. The number of nitrogens with one attached hydrogen (secondary N) is 1. The molecule has 1 aliphatic rings. The fourth-order valence-corrected chi connectivity index (χ4v) is 2.87. The smallest absolute Gasteiger partial charge is 0.407 e. The summed E-state index contributed by atoms with van der Waals surface area (Å²) in [5.41, 5.74) is -0.448. The number of nitrogens with zero attached hydrogens (tertiary/aromatic N) is 1. The molecule has 22 heavy (non-hydrogen) atoms. The summed E-state index contributed by atoms with van der Waals surface area (Å²) >= 11 is 0. The summed E-state index contributed by atoms with van der Waals surface area (Å²) in [6, 6.07) is 4.23. The molecule has 2 atom stereocenters. The second-order valence-corrected chi connectivity index (χ2v) is 7.08. The summed E-state index contributed by atoms with van der Waals surface area (Å²) in [6.07, 6.45) is 3.67. The lowest BCUT2D eigenvalue weighted by molar-refractivity contribution is 0.0498. The maximum Gasteiger partial charge on any atom is 0.407 e. The largest absolute Gasteiger partial charge is 0.468 e. The third-order valence-electron chi connectivity index (χ3n) is 3.99. The molecule has 1 fully saturated rings. The van der Waals surface area contributed by atoms with E-state index in [0.29, 0.717) is 12.5 Å². The Bertz CT molecular complexity index is 465. The molecule has 1 N–H and O–H groups in total. The Morgan fingerprint density at radius 2 is 2.32 bits per heavy atom. The van der Waals surface area contributed by atoms with Crippen LogP contribution in [0.15, 0.2) is 22.8 Å². The van der Waals surface area contributed by atoms with E-state index in [-0.39, 0.29) is 12.1 Å². The molecule has 0 saturated carbocycles. The summed E-state index contributed by atoms with van der Waals surface area (Å²) in [7, 11) is 0. The summed E-state index contributed by atoms with van der Waals surface area (Å²) < 4.78 is 10.8. The number of furan rings is 1. The van der Waals surface area contributed by atoms with Gasteiger partial charge in [-0.15, -0.1) is 0 Å². The highest BCUT2D eigenvalue weighted by molar-refractivity contribution is 5.67. The molecule has 5 heteroatoms. The van der Waals surface area contributed by atoms with Gasteiger partial charge in [0.25, 0.3) is 0 Å². The molecule has 0 aromatic carbocycles. The third-order valence-corrected chi connectivity index (χ3v) is 3.99. The van der Waals surface area contributed by atoms with Crippen LogP contribution in [-0.2, 0) is 4.74 Å². The van der Waals surface area contributed by atoms with Gasteiger partial charge in [0, 0.05) is 13.1 Å². The zero-order valence-corrected chi connectivity index (χ0v) is 14.1. The van der Waals surface area contributed by atoms with Gasteiger partial charge in [0.2, 0.25) is 0 Å². The molecular formula is C17H28N2O3. The average Bonchev–Trinajstić information content (AvgIpc) is 2.97. The van der Waals surface area contributed by atoms with Crippen LogP contribution in [0.25, 0.3) is 0 Å². The minimum atomic E-state index is -0.448. The van der Waals surface area contributed by atoms with Crippen molar-refractivity contribution in [2.45, 2.75) is 52.2 Å². The van der Waals surface area contributed by atoms with Gasteiger partial charge in [-0.05, 0) is 65.1 Å². The lowest BCUT2D eigenvalue weighted by atomic mass is 9.96. The number of rotatable bonds is 4. The lowest BCUT2D eigenvalue weighted by Crippen LogP contribution is -2.42. The summed E-state index contributed by atoms with van der Waals surface area (Å²) in [6.45, 7) is 10.5. The van der Waals surface area contributed by atoms with Crippen LogP contribution in [0.5, 0.6) is 0 Å². The predicted octanol–water partition coefficient (Wildman–Crippen LogP) is 3.58. The van der Waals surface area contributed by atoms with Crippen LogP contribution in [0.3, 0.4) is 0 Å². The quantitative estimate of drug-likeness (QED) is 0.923. The van der Waals surface area contributed by atoms with E-state index in [2.05, 4.69) is 17.1 Å². The van der Waals surface area contributed by atoms with Crippen LogP contribution >= 0.6 is 0 Å². The standard InChI is InChI=1S/C17H28N2O3/c1-13(15-8-6-10-21-15)19-9-5-7-14(12-19)11-18-16(20)22-17(2,3)4/h6,8,10,13-14H,5,7,9,11-12H2,1-4H3,(H,18,20)/t13-,14-/m1/s1. The number of hydrogen-bond acceptors (Lipinski definition) is 4. The first-order valence-electron chi connectivity index (χ1n) is 8.09. The Hall–Kier alpha value is -1.49. The van der Waals surface area contributed by atoms with Gasteiger partial charge in [-0.25, -0.2) is 4.79 Å². The first kappa shape index (κ1) is 16.9. The molecule has 0 spiro atoms. The number of hydrogen-bond donors (Lipinski definition) is 1. The van der Waals surface area contributed by atoms with Crippen molar-refractivity contribution >= 4 is 6.09 Å². The number of amides is 1. The van der Waals surface area contributed by atoms with Gasteiger partial charge in [-0.1, -0.05) is 0 Å². The number of ether oxygens (including phenoxy) is 1. The maximum atomic E-state index is 11.7. The SMILES string of the molecule is C[C@H](c1ccco1)N1CCC[C@H](CNC(=O)OC(C)(C)C)C1. The van der Waals surface area contributed by atoms with Crippen LogP contribution in [-0.4, -0.2) is 36.2 Å². The normalized spacial score (nSPS) is 21.4. The average molecular weight is 308 g/mol. The molecule has 5 nitrogen and oxygen atoms in total. The monoisotopic (exact) mass is 308 g/mol. The first-order valence-corrected chi connectivity index (χ1v) is 8.09. The van der Waals surface area contributed by atoms with Crippen molar-refractivity contribution < 1.29 is 13.9 Å². The Labute approximate surface area is 133 Å². The van der Waals surface area contributed by atoms with E-state index in [1.54, 1.807) is 6.26 Å². The van der Waals surface area contributed by atoms with E-state index in [1.807, 2.05) is 32.9 Å². The van der Waals surface area contributed by atoms with Crippen LogP contribution in [0.1, 0.15) is 52.3 Å². The molecule has 0 unspecified atom stereocenters. The first-order chi connectivity index (χ1) is 10.3. The van der Waals surface area contributed by atoms with Crippen molar-refractivity contribution in [1.82, 2.24) is 10.2 Å². The Balaban J connectivity index is 1.80. The molecular weight excluding hydrogens is 280 g/mol. The molecule has 1 aromatic heterocycles. The zero-order chi connectivity index (χ0) is 16.2. The van der Waals surface area contributed by atoms with E-state index in [1.165, 1.54) is 0 Å². The molecule has 124 valence electrons. The molecule has 2 rings (SSSR count). The molecule has 1 aliphatic heterocycles. The molecule has 2 heterocycles. The number of alkyl carbamates (subject to hydrolysis) is 1. The second-order valence-electron chi connectivity index (χ2n) is 7.08. The Kier molecular flexibility index (Phi) is 5.51. The topological polar surface area (TPSA) is 54.7 Å². The predicted molar refractivity (Wildman–Crippen MR) is 85.7 cm³/mol. The van der Waals surface area contributed by atoms with Crippen molar-refractivity contribution in [2.24, 2.45) is 5.92 Å². The lowest BCUT2D eigenvalue weighted by Gasteiger charge is -2.36. The van der Waals surface area contributed by atoms with Gasteiger partial charge in [0.1, 0.15) is 11.4 Å². The van der Waals surface area contributed by atoms with Crippen LogP contribution < -0.4 is 5.32 Å². The van der Waals surface area contributed by atoms with Gasteiger partial charge in [-0.3, -0.25) is 4.90 Å². The summed E-state index contributed by atoms with van der Waals surface area (Å²) in [5, 5.41) is 2.89. The molecule has 0 bridgehead atoms. The highest BCUT2D eigenvalue weighted by atomic mass is 16.6. The van der Waals surface area contributed by atoms with E-state index >= 15 is 0 Å². The van der Waals surface area contributed by atoms with Crippen LogP contribution in [0, 0.1) is 5.92 Å². The van der Waals surface area contributed by atoms with Gasteiger partial charge in [0.05, 0.1) is 12.3 Å². The van der Waals surface area contributed by atoms with Gasteiger partial charge in [0.15, 0.2) is 0 Å². The number of carbonyl (C=O) groups is 1. The molecule has 1 aromatic rings. The molecule has 0 radical (unpaired) electrons. The fourth-order valence-electron chi connectivity index (χ4n) is 2.87. The van der Waals surface area contributed by atoms with Crippen molar-refractivity contribution in [1.29, 1.82) is 0 Å². The van der Waals surface area contributed by atoms with Crippen LogP contribution in [0.4, 0.5) is 4.79 Å². The highest BCUT2D eigenvalue weighted by Crippen LogP contribution is 2.26. The third kappa shape index (κ3) is 5.05. The van der Waals surface area contributed by atoms with Crippen molar-refractivity contribution in [3.63, 3.8) is 0 Å². The van der Waals surface area contributed by atoms with E-state index < -0.39 is 5.60 Å². The van der Waals surface area contributed by atoms with Gasteiger partial charge >= 0.3 is 6.09 Å². The van der Waals surface area contributed by atoms with E-state index in [9.17, 15) is 4.79 Å². The van der Waals surface area contributed by atoms with E-state index in [0.717, 1.165) is 31.7 Å². The minimum absolute atomic E-state index is 0.277. The summed E-state index contributed by atoms with van der Waals surface area (Å²) in [5.74, 6) is 1.46. The van der Waals surface area contributed by atoms with Gasteiger partial charge < -0.3 is 14.5 Å². The molecule has 1 amide bonds. The van der Waals surface area contributed by atoms with Crippen molar-refractivity contribution in [2.75, 3.05) is 19.6 Å². The molecule has 0 aliphatic carbocycles. The minimum Gasteiger partial charge on any atom is -0.468 e. The Morgan fingerprint density at radius 1 is 1.55 bits per heavy atom. The zero-order valence-electron chi connectivity index (χ0n) is 14.1.